The molecule has 21 heavy (non-hydrogen) atoms. The highest BCUT2D eigenvalue weighted by atomic mass is 16.5. The number of ketones is 1. The van der Waals surface area contributed by atoms with E-state index in [0.717, 1.165) is 0 Å². The van der Waals surface area contributed by atoms with Gasteiger partial charge in [-0.15, -0.1) is 0 Å². The molecule has 0 saturated carbocycles. The molecule has 0 aliphatic heterocycles. The smallest absolute Gasteiger partial charge is 0.336 e. The number of carbonyl (C=O) groups is 1. The second-order valence-corrected chi connectivity index (χ2v) is 5.07. The molecular weight excluding hydrogens is 272 g/mol. The molecule has 2 aromatic rings. The summed E-state index contributed by atoms with van der Waals surface area (Å²) >= 11 is 0. The minimum atomic E-state index is -0.465. The number of hydrogen-bond acceptors (Lipinski definition) is 5. The van der Waals surface area contributed by atoms with Gasteiger partial charge in [0, 0.05) is 24.0 Å². The van der Waals surface area contributed by atoms with Crippen LogP contribution in [0.1, 0.15) is 19.4 Å². The normalized spacial score (nSPS) is 10.9. The van der Waals surface area contributed by atoms with Gasteiger partial charge in [-0.2, -0.15) is 0 Å². The summed E-state index contributed by atoms with van der Waals surface area (Å²) in [5.74, 6) is 0.959. The van der Waals surface area contributed by atoms with E-state index in [1.165, 1.54) is 20.3 Å². The van der Waals surface area contributed by atoms with Crippen LogP contribution in [0.25, 0.3) is 11.0 Å². The molecule has 112 valence electrons. The monoisotopic (exact) mass is 290 g/mol. The van der Waals surface area contributed by atoms with Gasteiger partial charge in [-0.25, -0.2) is 4.79 Å². The first-order chi connectivity index (χ1) is 9.97. The lowest BCUT2D eigenvalue weighted by molar-refractivity contribution is -0.121. The van der Waals surface area contributed by atoms with Crippen LogP contribution in [0.15, 0.2) is 27.4 Å². The molecule has 2 rings (SSSR count). The van der Waals surface area contributed by atoms with Crippen LogP contribution in [0.3, 0.4) is 0 Å². The van der Waals surface area contributed by atoms with Gasteiger partial charge in [-0.05, 0) is 12.1 Å². The van der Waals surface area contributed by atoms with Crippen molar-refractivity contribution in [2.75, 3.05) is 14.2 Å². The topological polar surface area (TPSA) is 65.7 Å². The van der Waals surface area contributed by atoms with Crippen molar-refractivity contribution in [3.8, 4) is 11.5 Å². The Bertz CT molecular complexity index is 727. The van der Waals surface area contributed by atoms with E-state index in [9.17, 15) is 9.59 Å². The molecule has 0 atom stereocenters. The van der Waals surface area contributed by atoms with E-state index in [1.807, 2.05) is 13.8 Å². The fraction of sp³-hybridized carbons (Fsp3) is 0.375. The van der Waals surface area contributed by atoms with Crippen LogP contribution in [0.5, 0.6) is 11.5 Å². The third kappa shape index (κ3) is 2.91. The molecule has 0 aliphatic rings. The Kier molecular flexibility index (Phi) is 4.31. The fourth-order valence-electron chi connectivity index (χ4n) is 2.14. The van der Waals surface area contributed by atoms with Gasteiger partial charge in [-0.3, -0.25) is 4.79 Å². The Labute approximate surface area is 122 Å². The summed E-state index contributed by atoms with van der Waals surface area (Å²) in [7, 11) is 3.04. The van der Waals surface area contributed by atoms with Gasteiger partial charge in [0.1, 0.15) is 11.4 Å². The first kappa shape index (κ1) is 15.1. The van der Waals surface area contributed by atoms with Gasteiger partial charge in [0.15, 0.2) is 11.5 Å². The number of carbonyl (C=O) groups excluding carboxylic acids is 1. The average Bonchev–Trinajstić information content (AvgIpc) is 2.46. The summed E-state index contributed by atoms with van der Waals surface area (Å²) in [6.07, 6.45) is 0.182. The van der Waals surface area contributed by atoms with Crippen LogP contribution in [0.2, 0.25) is 0 Å². The molecular formula is C16H18O5. The standard InChI is InChI=1S/C16H18O5/c1-9(2)12(17)7-10-8-13(19-3)16(20-4)11-5-6-14(18)21-15(10)11/h5-6,8-9H,7H2,1-4H3. The number of rotatable bonds is 5. The van der Waals surface area contributed by atoms with E-state index >= 15 is 0 Å². The maximum absolute atomic E-state index is 12.0. The third-order valence-electron chi connectivity index (χ3n) is 3.33. The number of Topliss-reactive ketones (excluding diaryl/α,β-unsaturated/α-hetero) is 1. The molecule has 0 amide bonds. The third-order valence-corrected chi connectivity index (χ3v) is 3.33. The van der Waals surface area contributed by atoms with Gasteiger partial charge in [0.2, 0.25) is 0 Å². The van der Waals surface area contributed by atoms with Crippen LogP contribution in [-0.4, -0.2) is 20.0 Å². The Balaban J connectivity index is 2.71. The van der Waals surface area contributed by atoms with Crippen LogP contribution in [0.4, 0.5) is 0 Å². The maximum Gasteiger partial charge on any atom is 0.336 e. The summed E-state index contributed by atoms with van der Waals surface area (Å²) < 4.78 is 15.9. The van der Waals surface area contributed by atoms with Crippen molar-refractivity contribution in [1.82, 2.24) is 0 Å². The summed E-state index contributed by atoms with van der Waals surface area (Å²) in [5, 5.41) is 0.614. The van der Waals surface area contributed by atoms with E-state index in [-0.39, 0.29) is 18.1 Å². The molecule has 0 spiro atoms. The Morgan fingerprint density at radius 1 is 1.24 bits per heavy atom. The SMILES string of the molecule is COc1cc(CC(=O)C(C)C)c2oc(=O)ccc2c1OC. The van der Waals surface area contributed by atoms with Crippen molar-refractivity contribution in [3.63, 3.8) is 0 Å². The second-order valence-electron chi connectivity index (χ2n) is 5.07. The van der Waals surface area contributed by atoms with Crippen molar-refractivity contribution in [2.45, 2.75) is 20.3 Å². The summed E-state index contributed by atoms with van der Waals surface area (Å²) in [4.78, 5) is 23.5. The lowest BCUT2D eigenvalue weighted by atomic mass is 9.98. The Morgan fingerprint density at radius 3 is 2.52 bits per heavy atom. The molecule has 1 aromatic heterocycles. The second kappa shape index (κ2) is 5.99. The molecule has 5 nitrogen and oxygen atoms in total. The molecule has 1 heterocycles. The molecule has 1 aromatic carbocycles. The molecule has 0 fully saturated rings. The minimum Gasteiger partial charge on any atom is -0.493 e. The van der Waals surface area contributed by atoms with Crippen LogP contribution in [0, 0.1) is 5.92 Å². The number of hydrogen-bond donors (Lipinski definition) is 0. The molecule has 0 N–H and O–H groups in total. The van der Waals surface area contributed by atoms with Gasteiger partial charge in [-0.1, -0.05) is 13.8 Å². The van der Waals surface area contributed by atoms with Crippen molar-refractivity contribution in [2.24, 2.45) is 5.92 Å². The zero-order valence-corrected chi connectivity index (χ0v) is 12.6. The summed E-state index contributed by atoms with van der Waals surface area (Å²) in [5.41, 5.74) is 0.529. The van der Waals surface area contributed by atoms with Gasteiger partial charge in [0.05, 0.1) is 19.6 Å². The first-order valence-corrected chi connectivity index (χ1v) is 6.68. The Hall–Kier alpha value is -2.30. The van der Waals surface area contributed by atoms with Crippen LogP contribution < -0.4 is 15.1 Å². The zero-order chi connectivity index (χ0) is 15.6. The van der Waals surface area contributed by atoms with Crippen molar-refractivity contribution in [3.05, 3.63) is 34.2 Å². The highest BCUT2D eigenvalue weighted by molar-refractivity contribution is 5.93. The van der Waals surface area contributed by atoms with E-state index in [0.29, 0.717) is 28.0 Å². The maximum atomic E-state index is 12.0. The summed E-state index contributed by atoms with van der Waals surface area (Å²) in [6, 6.07) is 4.62. The predicted octanol–water partition coefficient (Wildman–Crippen LogP) is 2.58. The first-order valence-electron chi connectivity index (χ1n) is 6.68. The summed E-state index contributed by atoms with van der Waals surface area (Å²) in [6.45, 7) is 3.67. The van der Waals surface area contributed by atoms with E-state index in [1.54, 1.807) is 12.1 Å². The quantitative estimate of drug-likeness (QED) is 0.792. The van der Waals surface area contributed by atoms with E-state index in [2.05, 4.69) is 0 Å². The average molecular weight is 290 g/mol. The molecule has 0 bridgehead atoms. The number of benzene rings is 1. The molecule has 5 heteroatoms. The van der Waals surface area contributed by atoms with Crippen LogP contribution in [-0.2, 0) is 11.2 Å². The van der Waals surface area contributed by atoms with Crippen molar-refractivity contribution >= 4 is 16.8 Å². The Morgan fingerprint density at radius 2 is 1.95 bits per heavy atom. The zero-order valence-electron chi connectivity index (χ0n) is 12.6. The van der Waals surface area contributed by atoms with Gasteiger partial charge in [0.25, 0.3) is 0 Å². The molecule has 0 saturated heterocycles. The lowest BCUT2D eigenvalue weighted by Crippen LogP contribution is -2.11. The highest BCUT2D eigenvalue weighted by Gasteiger charge is 2.18. The lowest BCUT2D eigenvalue weighted by Gasteiger charge is -2.13. The van der Waals surface area contributed by atoms with Crippen molar-refractivity contribution in [1.29, 1.82) is 0 Å². The van der Waals surface area contributed by atoms with E-state index < -0.39 is 5.63 Å². The number of ether oxygens (including phenoxy) is 2. The van der Waals surface area contributed by atoms with Gasteiger partial charge < -0.3 is 13.9 Å². The fourth-order valence-corrected chi connectivity index (χ4v) is 2.14. The van der Waals surface area contributed by atoms with Crippen molar-refractivity contribution < 1.29 is 18.7 Å². The molecule has 0 aliphatic carbocycles. The van der Waals surface area contributed by atoms with Gasteiger partial charge >= 0.3 is 5.63 Å². The largest absolute Gasteiger partial charge is 0.493 e. The minimum absolute atomic E-state index is 0.0648. The predicted molar refractivity (Wildman–Crippen MR) is 79.1 cm³/mol. The van der Waals surface area contributed by atoms with E-state index in [4.69, 9.17) is 13.9 Å². The number of methoxy groups -OCH3 is 2. The number of fused-ring (bicyclic) bond motifs is 1. The highest BCUT2D eigenvalue weighted by Crippen LogP contribution is 2.37. The van der Waals surface area contributed by atoms with Crippen LogP contribution >= 0.6 is 0 Å². The molecule has 0 unspecified atom stereocenters. The molecule has 0 radical (unpaired) electrons.